The lowest BCUT2D eigenvalue weighted by atomic mass is 10.1. The van der Waals surface area contributed by atoms with Crippen LogP contribution in [0.1, 0.15) is 22.3 Å². The molecular formula is C7H3BrF2N2O3. The Morgan fingerprint density at radius 3 is 2.60 bits per heavy atom. The summed E-state index contributed by atoms with van der Waals surface area (Å²) in [6.07, 6.45) is -2.12. The van der Waals surface area contributed by atoms with Gasteiger partial charge in [-0.15, -0.1) is 0 Å². The van der Waals surface area contributed by atoms with Crippen molar-refractivity contribution < 1.29 is 18.5 Å². The lowest BCUT2D eigenvalue weighted by Crippen LogP contribution is -2.03. The number of nitrogens with zero attached hydrogens (tertiary/aromatic N) is 2. The minimum absolute atomic E-state index is 0.00259. The molecule has 0 radical (unpaired) electrons. The molecule has 1 aromatic rings. The van der Waals surface area contributed by atoms with Gasteiger partial charge in [0.25, 0.3) is 6.43 Å². The maximum Gasteiger partial charge on any atom is 0.374 e. The zero-order chi connectivity index (χ0) is 11.6. The number of carbonyl (C=O) groups excluding carboxylic acids is 1. The number of hydrogen-bond donors (Lipinski definition) is 0. The fourth-order valence-corrected chi connectivity index (χ4v) is 1.48. The number of aldehydes is 1. The van der Waals surface area contributed by atoms with Gasteiger partial charge in [0, 0.05) is 0 Å². The van der Waals surface area contributed by atoms with Crippen LogP contribution in [0.3, 0.4) is 0 Å². The average molecular weight is 281 g/mol. The van der Waals surface area contributed by atoms with Crippen molar-refractivity contribution in [3.05, 3.63) is 31.9 Å². The van der Waals surface area contributed by atoms with E-state index in [9.17, 15) is 23.7 Å². The van der Waals surface area contributed by atoms with Crippen LogP contribution >= 0.6 is 15.9 Å². The first-order valence-electron chi connectivity index (χ1n) is 3.55. The Balaban J connectivity index is 3.54. The second-order valence-corrected chi connectivity index (χ2v) is 3.29. The van der Waals surface area contributed by atoms with Crippen molar-refractivity contribution in [3.8, 4) is 0 Å². The molecular weight excluding hydrogens is 278 g/mol. The molecule has 5 nitrogen and oxygen atoms in total. The number of hydrogen-bond acceptors (Lipinski definition) is 4. The van der Waals surface area contributed by atoms with E-state index in [-0.39, 0.29) is 10.8 Å². The van der Waals surface area contributed by atoms with Gasteiger partial charge >= 0.3 is 5.82 Å². The molecule has 1 heterocycles. The fraction of sp³-hybridized carbons (Fsp3) is 0.143. The first-order valence-corrected chi connectivity index (χ1v) is 4.34. The van der Waals surface area contributed by atoms with Gasteiger partial charge in [-0.2, -0.15) is 0 Å². The summed E-state index contributed by atoms with van der Waals surface area (Å²) in [6.45, 7) is 0. The largest absolute Gasteiger partial charge is 0.374 e. The number of rotatable bonds is 3. The third kappa shape index (κ3) is 2.14. The van der Waals surface area contributed by atoms with Gasteiger partial charge in [0.15, 0.2) is 12.5 Å². The van der Waals surface area contributed by atoms with E-state index in [0.29, 0.717) is 0 Å². The van der Waals surface area contributed by atoms with Crippen LogP contribution in [0.2, 0.25) is 0 Å². The molecule has 80 valence electrons. The summed E-state index contributed by atoms with van der Waals surface area (Å²) in [5.41, 5.74) is -1.42. The van der Waals surface area contributed by atoms with Gasteiger partial charge < -0.3 is 10.1 Å². The minimum Gasteiger partial charge on any atom is -0.358 e. The minimum atomic E-state index is -2.98. The van der Waals surface area contributed by atoms with Gasteiger partial charge in [0.1, 0.15) is 5.56 Å². The van der Waals surface area contributed by atoms with Crippen LogP contribution in [0.5, 0.6) is 0 Å². The predicted molar refractivity (Wildman–Crippen MR) is 48.9 cm³/mol. The molecule has 0 amide bonds. The molecule has 0 fully saturated rings. The highest BCUT2D eigenvalue weighted by Crippen LogP contribution is 2.32. The molecule has 0 saturated carbocycles. The Hall–Kier alpha value is -1.44. The lowest BCUT2D eigenvalue weighted by Gasteiger charge is -2.04. The van der Waals surface area contributed by atoms with Crippen molar-refractivity contribution in [3.63, 3.8) is 0 Å². The van der Waals surface area contributed by atoms with Crippen LogP contribution in [0.25, 0.3) is 0 Å². The standard InChI is InChI=1S/C7H3BrF2N2O3/c8-4-1-11-7(12(14)15)3(2-13)5(4)6(9)10/h1-2,6H. The number of carbonyl (C=O) groups is 1. The summed E-state index contributed by atoms with van der Waals surface area (Å²) < 4.78 is 24.8. The van der Waals surface area contributed by atoms with E-state index in [0.717, 1.165) is 6.20 Å². The molecule has 8 heteroatoms. The third-order valence-corrected chi connectivity index (χ3v) is 2.23. The highest BCUT2D eigenvalue weighted by atomic mass is 79.9. The molecule has 0 aliphatic carbocycles. The number of aromatic nitrogens is 1. The van der Waals surface area contributed by atoms with Crippen molar-refractivity contribution in [1.29, 1.82) is 0 Å². The first-order chi connectivity index (χ1) is 6.99. The molecule has 0 aliphatic heterocycles. The van der Waals surface area contributed by atoms with Crippen LogP contribution in [-0.2, 0) is 0 Å². The molecule has 0 aliphatic rings. The van der Waals surface area contributed by atoms with Crippen LogP contribution in [-0.4, -0.2) is 16.2 Å². The molecule has 0 unspecified atom stereocenters. The highest BCUT2D eigenvalue weighted by Gasteiger charge is 2.26. The highest BCUT2D eigenvalue weighted by molar-refractivity contribution is 9.10. The Labute approximate surface area is 90.4 Å². The third-order valence-electron chi connectivity index (χ3n) is 1.60. The van der Waals surface area contributed by atoms with Crippen molar-refractivity contribution in [2.24, 2.45) is 0 Å². The summed E-state index contributed by atoms with van der Waals surface area (Å²) in [6, 6.07) is 0. The topological polar surface area (TPSA) is 73.1 Å². The summed E-state index contributed by atoms with van der Waals surface area (Å²) >= 11 is 2.75. The van der Waals surface area contributed by atoms with E-state index >= 15 is 0 Å². The van der Waals surface area contributed by atoms with Crippen molar-refractivity contribution in [1.82, 2.24) is 4.98 Å². The zero-order valence-electron chi connectivity index (χ0n) is 6.99. The Morgan fingerprint density at radius 1 is 1.60 bits per heavy atom. The molecule has 0 saturated heterocycles. The SMILES string of the molecule is O=Cc1c([N+](=O)[O-])ncc(Br)c1C(F)F. The Morgan fingerprint density at radius 2 is 2.20 bits per heavy atom. The lowest BCUT2D eigenvalue weighted by molar-refractivity contribution is -0.389. The molecule has 1 rings (SSSR count). The summed E-state index contributed by atoms with van der Waals surface area (Å²) in [4.78, 5) is 23.2. The van der Waals surface area contributed by atoms with Gasteiger partial charge in [-0.3, -0.25) is 4.79 Å². The summed E-state index contributed by atoms with van der Waals surface area (Å²) in [5, 5.41) is 10.4. The molecule has 0 atom stereocenters. The van der Waals surface area contributed by atoms with Gasteiger partial charge in [0.2, 0.25) is 0 Å². The fourth-order valence-electron chi connectivity index (χ4n) is 0.989. The normalized spacial score (nSPS) is 10.4. The number of pyridine rings is 1. The molecule has 0 spiro atoms. The van der Waals surface area contributed by atoms with Crippen LogP contribution in [0.4, 0.5) is 14.6 Å². The van der Waals surface area contributed by atoms with Crippen LogP contribution in [0, 0.1) is 10.1 Å². The van der Waals surface area contributed by atoms with Gasteiger partial charge in [-0.1, -0.05) is 0 Å². The van der Waals surface area contributed by atoms with E-state index in [2.05, 4.69) is 20.9 Å². The molecule has 0 bridgehead atoms. The Kier molecular flexibility index (Phi) is 3.40. The number of nitro groups is 1. The second kappa shape index (κ2) is 4.39. The molecule has 0 aromatic carbocycles. The van der Waals surface area contributed by atoms with Crippen molar-refractivity contribution >= 4 is 28.0 Å². The van der Waals surface area contributed by atoms with E-state index in [1.807, 2.05) is 0 Å². The van der Waals surface area contributed by atoms with E-state index < -0.39 is 28.3 Å². The first kappa shape index (κ1) is 11.6. The zero-order valence-corrected chi connectivity index (χ0v) is 8.57. The quantitative estimate of drug-likeness (QED) is 0.484. The number of alkyl halides is 2. The monoisotopic (exact) mass is 280 g/mol. The molecule has 15 heavy (non-hydrogen) atoms. The van der Waals surface area contributed by atoms with E-state index in [1.54, 1.807) is 0 Å². The Bertz CT molecular complexity index is 425. The van der Waals surface area contributed by atoms with Gasteiger partial charge in [-0.05, 0) is 25.8 Å². The maximum absolute atomic E-state index is 12.5. The second-order valence-electron chi connectivity index (χ2n) is 2.43. The maximum atomic E-state index is 12.5. The van der Waals surface area contributed by atoms with Gasteiger partial charge in [0.05, 0.1) is 10.0 Å². The number of halogens is 3. The molecule has 1 aromatic heterocycles. The van der Waals surface area contributed by atoms with E-state index in [4.69, 9.17) is 0 Å². The summed E-state index contributed by atoms with van der Waals surface area (Å²) in [7, 11) is 0. The van der Waals surface area contributed by atoms with Crippen molar-refractivity contribution in [2.45, 2.75) is 6.43 Å². The van der Waals surface area contributed by atoms with Crippen LogP contribution in [0.15, 0.2) is 10.7 Å². The average Bonchev–Trinajstić information content (AvgIpc) is 2.15. The summed E-state index contributed by atoms with van der Waals surface area (Å²) in [5.74, 6) is -0.872. The smallest absolute Gasteiger partial charge is 0.358 e. The molecule has 0 N–H and O–H groups in total. The van der Waals surface area contributed by atoms with Crippen LogP contribution < -0.4 is 0 Å². The van der Waals surface area contributed by atoms with Gasteiger partial charge in [-0.25, -0.2) is 8.78 Å². The predicted octanol–water partition coefficient (Wildman–Crippen LogP) is 2.50. The van der Waals surface area contributed by atoms with E-state index in [1.165, 1.54) is 0 Å². The van der Waals surface area contributed by atoms with Crippen molar-refractivity contribution in [2.75, 3.05) is 0 Å².